The maximum Gasteiger partial charge on any atom is 0.186 e. The molecule has 0 saturated carbocycles. The van der Waals surface area contributed by atoms with E-state index >= 15 is 0 Å². The van der Waals surface area contributed by atoms with E-state index in [0.29, 0.717) is 5.69 Å². The van der Waals surface area contributed by atoms with Gasteiger partial charge in [0.2, 0.25) is 0 Å². The number of nitrogens with two attached hydrogens (primary N) is 1. The number of halogens is 3. The quantitative estimate of drug-likeness (QED) is 0.662. The molecule has 0 spiro atoms. The Labute approximate surface area is 105 Å². The first-order chi connectivity index (χ1) is 9.06. The monoisotopic (exact) mass is 263 g/mol. The molecule has 0 unspecified atom stereocenters. The normalized spacial score (nSPS) is 11.1. The van der Waals surface area contributed by atoms with Crippen LogP contribution in [0.15, 0.2) is 30.3 Å². The third-order valence-corrected chi connectivity index (χ3v) is 2.79. The Morgan fingerprint density at radius 1 is 1.00 bits per heavy atom. The average molecular weight is 263 g/mol. The predicted molar refractivity (Wildman–Crippen MR) is 65.8 cm³/mol. The van der Waals surface area contributed by atoms with E-state index in [9.17, 15) is 13.2 Å². The second-order valence-corrected chi connectivity index (χ2v) is 4.08. The summed E-state index contributed by atoms with van der Waals surface area (Å²) in [6.45, 7) is 0. The standard InChI is InChI=1S/C13H8F3N3/c14-8-2-1-6(17)5-7(8)13-18-10-4-3-9(15)11(16)12(10)19-13/h1-5H,17H2,(H,18,19). The largest absolute Gasteiger partial charge is 0.399 e. The lowest BCUT2D eigenvalue weighted by Crippen LogP contribution is -1.90. The number of hydrogen-bond acceptors (Lipinski definition) is 2. The summed E-state index contributed by atoms with van der Waals surface area (Å²) in [4.78, 5) is 6.61. The van der Waals surface area contributed by atoms with Crippen LogP contribution in [0.4, 0.5) is 18.9 Å². The molecule has 96 valence electrons. The van der Waals surface area contributed by atoms with Crippen LogP contribution in [0, 0.1) is 17.5 Å². The van der Waals surface area contributed by atoms with Gasteiger partial charge in [0.1, 0.15) is 17.2 Å². The van der Waals surface area contributed by atoms with Crippen molar-refractivity contribution >= 4 is 16.7 Å². The van der Waals surface area contributed by atoms with Crippen LogP contribution in [0.1, 0.15) is 0 Å². The van der Waals surface area contributed by atoms with E-state index in [1.807, 2.05) is 0 Å². The summed E-state index contributed by atoms with van der Waals surface area (Å²) in [6, 6.07) is 6.29. The van der Waals surface area contributed by atoms with Crippen LogP contribution in [0.2, 0.25) is 0 Å². The van der Waals surface area contributed by atoms with Gasteiger partial charge in [-0.1, -0.05) is 0 Å². The van der Waals surface area contributed by atoms with Crippen molar-refractivity contribution in [1.82, 2.24) is 9.97 Å². The molecule has 6 heteroatoms. The number of hydrogen-bond donors (Lipinski definition) is 2. The number of aromatic nitrogens is 2. The van der Waals surface area contributed by atoms with Crippen molar-refractivity contribution in [1.29, 1.82) is 0 Å². The Balaban J connectivity index is 2.26. The second-order valence-electron chi connectivity index (χ2n) is 4.08. The van der Waals surface area contributed by atoms with Crippen molar-refractivity contribution in [3.05, 3.63) is 47.8 Å². The van der Waals surface area contributed by atoms with Crippen LogP contribution in [-0.4, -0.2) is 9.97 Å². The lowest BCUT2D eigenvalue weighted by Gasteiger charge is -2.00. The number of nitrogens with zero attached hydrogens (tertiary/aromatic N) is 1. The van der Waals surface area contributed by atoms with Gasteiger partial charge in [-0.25, -0.2) is 18.2 Å². The van der Waals surface area contributed by atoms with Crippen LogP contribution < -0.4 is 5.73 Å². The van der Waals surface area contributed by atoms with Crippen molar-refractivity contribution < 1.29 is 13.2 Å². The number of H-pyrrole nitrogens is 1. The van der Waals surface area contributed by atoms with Gasteiger partial charge in [-0.15, -0.1) is 0 Å². The van der Waals surface area contributed by atoms with E-state index < -0.39 is 17.5 Å². The van der Waals surface area contributed by atoms with Gasteiger partial charge >= 0.3 is 0 Å². The molecule has 0 amide bonds. The summed E-state index contributed by atoms with van der Waals surface area (Å²) in [7, 11) is 0. The average Bonchev–Trinajstić information content (AvgIpc) is 2.81. The summed E-state index contributed by atoms with van der Waals surface area (Å²) < 4.78 is 40.3. The number of rotatable bonds is 1. The molecule has 3 aromatic rings. The lowest BCUT2D eigenvalue weighted by atomic mass is 10.2. The highest BCUT2D eigenvalue weighted by molar-refractivity contribution is 5.80. The maximum atomic E-state index is 13.7. The summed E-state index contributed by atoms with van der Waals surface area (Å²) >= 11 is 0. The van der Waals surface area contributed by atoms with Gasteiger partial charge in [-0.2, -0.15) is 0 Å². The third kappa shape index (κ3) is 1.81. The van der Waals surface area contributed by atoms with Crippen molar-refractivity contribution in [3.8, 4) is 11.4 Å². The fourth-order valence-corrected chi connectivity index (χ4v) is 1.87. The zero-order chi connectivity index (χ0) is 13.6. The third-order valence-electron chi connectivity index (χ3n) is 2.79. The summed E-state index contributed by atoms with van der Waals surface area (Å²) in [5.74, 6) is -2.51. The first kappa shape index (κ1) is 11.6. The minimum absolute atomic E-state index is 0.101. The van der Waals surface area contributed by atoms with Crippen LogP contribution in [-0.2, 0) is 0 Å². The molecule has 0 radical (unpaired) electrons. The van der Waals surface area contributed by atoms with Gasteiger partial charge in [0.05, 0.1) is 11.1 Å². The van der Waals surface area contributed by atoms with Crippen molar-refractivity contribution in [2.24, 2.45) is 0 Å². The SMILES string of the molecule is Nc1ccc(F)c(-c2nc3c(F)c(F)ccc3[nH]2)c1. The molecule has 19 heavy (non-hydrogen) atoms. The zero-order valence-corrected chi connectivity index (χ0v) is 9.55. The number of fused-ring (bicyclic) bond motifs is 1. The van der Waals surface area contributed by atoms with Crippen LogP contribution in [0.3, 0.4) is 0 Å². The summed E-state index contributed by atoms with van der Waals surface area (Å²) in [5, 5.41) is 0. The highest BCUT2D eigenvalue weighted by Crippen LogP contribution is 2.26. The molecule has 0 bridgehead atoms. The molecule has 1 aromatic heterocycles. The van der Waals surface area contributed by atoms with E-state index in [4.69, 9.17) is 5.73 Å². The van der Waals surface area contributed by atoms with Crippen molar-refractivity contribution in [2.75, 3.05) is 5.73 Å². The van der Waals surface area contributed by atoms with Crippen LogP contribution >= 0.6 is 0 Å². The number of imidazole rings is 1. The molecular formula is C13H8F3N3. The Bertz CT molecular complexity index is 780. The van der Waals surface area contributed by atoms with Gasteiger partial charge in [-0.3, -0.25) is 0 Å². The molecule has 0 aliphatic carbocycles. The van der Waals surface area contributed by atoms with Gasteiger partial charge in [0, 0.05) is 5.69 Å². The highest BCUT2D eigenvalue weighted by atomic mass is 19.2. The minimum Gasteiger partial charge on any atom is -0.399 e. The van der Waals surface area contributed by atoms with E-state index in [1.54, 1.807) is 0 Å². The number of benzene rings is 2. The molecule has 0 aliphatic heterocycles. The van der Waals surface area contributed by atoms with Gasteiger partial charge in [-0.05, 0) is 30.3 Å². The van der Waals surface area contributed by atoms with E-state index in [2.05, 4.69) is 9.97 Å². The number of nitrogen functional groups attached to an aromatic ring is 1. The first-order valence-corrected chi connectivity index (χ1v) is 5.45. The van der Waals surface area contributed by atoms with Crippen LogP contribution in [0.5, 0.6) is 0 Å². The molecular weight excluding hydrogens is 255 g/mol. The minimum atomic E-state index is -1.07. The Kier molecular flexibility index (Phi) is 2.45. The zero-order valence-electron chi connectivity index (χ0n) is 9.55. The van der Waals surface area contributed by atoms with Crippen molar-refractivity contribution in [3.63, 3.8) is 0 Å². The van der Waals surface area contributed by atoms with Crippen LogP contribution in [0.25, 0.3) is 22.4 Å². The summed E-state index contributed by atoms with van der Waals surface area (Å²) in [5.41, 5.74) is 6.15. The molecule has 0 fully saturated rings. The smallest absolute Gasteiger partial charge is 0.186 e. The Morgan fingerprint density at radius 2 is 1.74 bits per heavy atom. The van der Waals surface area contributed by atoms with Gasteiger partial charge in [0.15, 0.2) is 11.6 Å². The molecule has 0 saturated heterocycles. The molecule has 3 rings (SSSR count). The predicted octanol–water partition coefficient (Wildman–Crippen LogP) is 3.23. The van der Waals surface area contributed by atoms with E-state index in [0.717, 1.165) is 6.07 Å². The Hall–Kier alpha value is -2.50. The van der Waals surface area contributed by atoms with Gasteiger partial charge < -0.3 is 10.7 Å². The molecule has 1 heterocycles. The van der Waals surface area contributed by atoms with E-state index in [-0.39, 0.29) is 22.4 Å². The highest BCUT2D eigenvalue weighted by Gasteiger charge is 2.15. The molecule has 3 nitrogen and oxygen atoms in total. The molecule has 3 N–H and O–H groups in total. The topological polar surface area (TPSA) is 54.7 Å². The fraction of sp³-hybridized carbons (Fsp3) is 0. The number of nitrogens with one attached hydrogen (secondary N) is 1. The molecule has 0 aliphatic rings. The number of anilines is 1. The van der Waals surface area contributed by atoms with Crippen molar-refractivity contribution in [2.45, 2.75) is 0 Å². The fourth-order valence-electron chi connectivity index (χ4n) is 1.87. The van der Waals surface area contributed by atoms with E-state index in [1.165, 1.54) is 24.3 Å². The lowest BCUT2D eigenvalue weighted by molar-refractivity contribution is 0.515. The maximum absolute atomic E-state index is 13.7. The molecule has 0 atom stereocenters. The Morgan fingerprint density at radius 3 is 2.53 bits per heavy atom. The number of aromatic amines is 1. The van der Waals surface area contributed by atoms with Gasteiger partial charge in [0.25, 0.3) is 0 Å². The molecule has 2 aromatic carbocycles. The first-order valence-electron chi connectivity index (χ1n) is 5.45. The second kappa shape index (κ2) is 4.01. The summed E-state index contributed by atoms with van der Waals surface area (Å²) in [6.07, 6.45) is 0.